The molecule has 0 radical (unpaired) electrons. The van der Waals surface area contributed by atoms with E-state index < -0.39 is 0 Å². The summed E-state index contributed by atoms with van der Waals surface area (Å²) in [4.78, 5) is 3.39. The van der Waals surface area contributed by atoms with Crippen LogP contribution >= 0.6 is 27.3 Å². The summed E-state index contributed by atoms with van der Waals surface area (Å²) in [7, 11) is 0. The van der Waals surface area contributed by atoms with E-state index in [2.05, 4.69) is 31.0 Å². The molecule has 2 aromatic rings. The maximum Gasteiger partial charge on any atom is 0.257 e. The Bertz CT molecular complexity index is 519. The van der Waals surface area contributed by atoms with Crippen LogP contribution in [0.2, 0.25) is 0 Å². The Kier molecular flexibility index (Phi) is 3.77. The molecule has 0 aliphatic carbocycles. The lowest BCUT2D eigenvalue weighted by molar-refractivity contribution is 0.202. The predicted octanol–water partition coefficient (Wildman–Crippen LogP) is 3.55. The number of likely N-dealkylation sites (tertiary alicyclic amines) is 1. The molecule has 1 saturated heterocycles. The van der Waals surface area contributed by atoms with E-state index in [9.17, 15) is 0 Å². The summed E-state index contributed by atoms with van der Waals surface area (Å²) < 4.78 is 6.79. The highest BCUT2D eigenvalue weighted by Gasteiger charge is 2.15. The molecule has 3 heterocycles. The zero-order chi connectivity index (χ0) is 12.4. The molecule has 0 saturated carbocycles. The van der Waals surface area contributed by atoms with E-state index in [-0.39, 0.29) is 0 Å². The van der Waals surface area contributed by atoms with Crippen LogP contribution in [0, 0.1) is 0 Å². The van der Waals surface area contributed by atoms with Crippen molar-refractivity contribution in [1.29, 1.82) is 0 Å². The molecule has 0 unspecified atom stereocenters. The lowest BCUT2D eigenvalue weighted by atomic mass is 10.1. The molecule has 4 nitrogen and oxygen atoms in total. The summed E-state index contributed by atoms with van der Waals surface area (Å²) in [6, 6.07) is 3.99. The summed E-state index contributed by atoms with van der Waals surface area (Å²) in [5, 5.41) is 8.24. The Morgan fingerprint density at radius 2 is 2.06 bits per heavy atom. The zero-order valence-electron chi connectivity index (χ0n) is 9.93. The second-order valence-electron chi connectivity index (χ2n) is 4.44. The third kappa shape index (κ3) is 2.81. The van der Waals surface area contributed by atoms with E-state index in [0.717, 1.165) is 34.2 Å². The topological polar surface area (TPSA) is 42.2 Å². The SMILES string of the molecule is Brc1ccc(-c2nnc(CN3CCCCC3)o2)s1. The molecule has 1 fully saturated rings. The molecule has 0 N–H and O–H groups in total. The van der Waals surface area contributed by atoms with Crippen molar-refractivity contribution in [2.75, 3.05) is 13.1 Å². The maximum absolute atomic E-state index is 5.71. The fourth-order valence-electron chi connectivity index (χ4n) is 2.16. The van der Waals surface area contributed by atoms with Crippen molar-refractivity contribution >= 4 is 27.3 Å². The Morgan fingerprint density at radius 1 is 1.22 bits per heavy atom. The number of nitrogens with zero attached hydrogens (tertiary/aromatic N) is 3. The number of halogens is 1. The van der Waals surface area contributed by atoms with Crippen LogP contribution in [0.1, 0.15) is 25.2 Å². The number of rotatable bonds is 3. The average molecular weight is 328 g/mol. The van der Waals surface area contributed by atoms with Gasteiger partial charge in [0.1, 0.15) is 0 Å². The highest BCUT2D eigenvalue weighted by atomic mass is 79.9. The van der Waals surface area contributed by atoms with Crippen molar-refractivity contribution in [3.8, 4) is 10.8 Å². The van der Waals surface area contributed by atoms with Gasteiger partial charge in [-0.1, -0.05) is 6.42 Å². The van der Waals surface area contributed by atoms with Crippen molar-refractivity contribution in [2.45, 2.75) is 25.8 Å². The molecule has 3 rings (SSSR count). The molecule has 0 aromatic carbocycles. The Labute approximate surface area is 118 Å². The maximum atomic E-state index is 5.71. The van der Waals surface area contributed by atoms with E-state index in [1.165, 1.54) is 19.3 Å². The van der Waals surface area contributed by atoms with Crippen LogP contribution in [-0.2, 0) is 6.54 Å². The van der Waals surface area contributed by atoms with Crippen molar-refractivity contribution in [3.63, 3.8) is 0 Å². The first-order valence-corrected chi connectivity index (χ1v) is 7.73. The van der Waals surface area contributed by atoms with Gasteiger partial charge in [0.2, 0.25) is 5.89 Å². The molecular formula is C12H14BrN3OS. The lowest BCUT2D eigenvalue weighted by Crippen LogP contribution is -2.29. The van der Waals surface area contributed by atoms with Gasteiger partial charge in [0.05, 0.1) is 15.2 Å². The van der Waals surface area contributed by atoms with Gasteiger partial charge in [0, 0.05) is 0 Å². The summed E-state index contributed by atoms with van der Waals surface area (Å²) in [6.45, 7) is 3.06. The second-order valence-corrected chi connectivity index (χ2v) is 6.90. The smallest absolute Gasteiger partial charge is 0.257 e. The van der Waals surface area contributed by atoms with E-state index in [1.54, 1.807) is 11.3 Å². The van der Waals surface area contributed by atoms with Gasteiger partial charge >= 0.3 is 0 Å². The van der Waals surface area contributed by atoms with Crippen LogP contribution in [0.4, 0.5) is 0 Å². The second kappa shape index (κ2) is 5.50. The van der Waals surface area contributed by atoms with Crippen molar-refractivity contribution in [3.05, 3.63) is 21.8 Å². The number of hydrogen-bond donors (Lipinski definition) is 0. The third-order valence-electron chi connectivity index (χ3n) is 3.06. The quantitative estimate of drug-likeness (QED) is 0.864. The first-order valence-electron chi connectivity index (χ1n) is 6.12. The number of hydrogen-bond acceptors (Lipinski definition) is 5. The fourth-order valence-corrected chi connectivity index (χ4v) is 3.46. The highest BCUT2D eigenvalue weighted by Crippen LogP contribution is 2.30. The van der Waals surface area contributed by atoms with Gasteiger partial charge in [-0.2, -0.15) is 0 Å². The summed E-state index contributed by atoms with van der Waals surface area (Å²) in [6.07, 6.45) is 3.90. The Balaban J connectivity index is 1.69. The number of piperidine rings is 1. The number of aromatic nitrogens is 2. The predicted molar refractivity (Wildman–Crippen MR) is 74.4 cm³/mol. The van der Waals surface area contributed by atoms with E-state index in [1.807, 2.05) is 12.1 Å². The Morgan fingerprint density at radius 3 is 2.78 bits per heavy atom. The summed E-state index contributed by atoms with van der Waals surface area (Å²) >= 11 is 5.04. The first-order chi connectivity index (χ1) is 8.81. The molecule has 96 valence electrons. The van der Waals surface area contributed by atoms with Crippen LogP contribution in [0.15, 0.2) is 20.3 Å². The molecule has 6 heteroatoms. The van der Waals surface area contributed by atoms with Crippen molar-refractivity contribution < 1.29 is 4.42 Å². The third-order valence-corrected chi connectivity index (χ3v) is 4.67. The van der Waals surface area contributed by atoms with Gasteiger partial charge in [0.15, 0.2) is 0 Å². The van der Waals surface area contributed by atoms with Gasteiger partial charge in [-0.25, -0.2) is 0 Å². The van der Waals surface area contributed by atoms with Crippen LogP contribution in [0.3, 0.4) is 0 Å². The molecule has 0 bridgehead atoms. The normalized spacial score (nSPS) is 17.2. The lowest BCUT2D eigenvalue weighted by Gasteiger charge is -2.24. The molecule has 1 aliphatic rings. The van der Waals surface area contributed by atoms with E-state index in [0.29, 0.717) is 5.89 Å². The molecular weight excluding hydrogens is 314 g/mol. The van der Waals surface area contributed by atoms with Crippen molar-refractivity contribution in [1.82, 2.24) is 15.1 Å². The van der Waals surface area contributed by atoms with Crippen LogP contribution in [0.5, 0.6) is 0 Å². The number of thiophene rings is 1. The van der Waals surface area contributed by atoms with E-state index >= 15 is 0 Å². The van der Waals surface area contributed by atoms with Gasteiger partial charge in [0.25, 0.3) is 5.89 Å². The minimum Gasteiger partial charge on any atom is -0.419 e. The molecule has 1 aliphatic heterocycles. The standard InChI is InChI=1S/C12H14BrN3OS/c13-10-5-4-9(18-10)12-15-14-11(17-12)8-16-6-2-1-3-7-16/h4-5H,1-3,6-8H2. The largest absolute Gasteiger partial charge is 0.419 e. The Hall–Kier alpha value is -0.720. The molecule has 2 aromatic heterocycles. The zero-order valence-corrected chi connectivity index (χ0v) is 12.3. The van der Waals surface area contributed by atoms with Gasteiger partial charge in [-0.05, 0) is 54.0 Å². The van der Waals surface area contributed by atoms with Gasteiger partial charge in [-0.3, -0.25) is 4.90 Å². The van der Waals surface area contributed by atoms with Crippen LogP contribution in [-0.4, -0.2) is 28.2 Å². The van der Waals surface area contributed by atoms with Crippen LogP contribution in [0.25, 0.3) is 10.8 Å². The molecule has 0 spiro atoms. The van der Waals surface area contributed by atoms with Crippen molar-refractivity contribution in [2.24, 2.45) is 0 Å². The van der Waals surface area contributed by atoms with Gasteiger partial charge < -0.3 is 4.42 Å². The summed E-state index contributed by atoms with van der Waals surface area (Å²) in [5.41, 5.74) is 0. The van der Waals surface area contributed by atoms with E-state index in [4.69, 9.17) is 4.42 Å². The highest BCUT2D eigenvalue weighted by molar-refractivity contribution is 9.11. The fraction of sp³-hybridized carbons (Fsp3) is 0.500. The minimum absolute atomic E-state index is 0.623. The molecule has 18 heavy (non-hydrogen) atoms. The van der Waals surface area contributed by atoms with Gasteiger partial charge in [-0.15, -0.1) is 21.5 Å². The average Bonchev–Trinajstić information content (AvgIpc) is 2.99. The molecule has 0 atom stereocenters. The monoisotopic (exact) mass is 327 g/mol. The first kappa shape index (κ1) is 12.3. The summed E-state index contributed by atoms with van der Waals surface area (Å²) in [5.74, 6) is 1.34. The molecule has 0 amide bonds. The minimum atomic E-state index is 0.623. The van der Waals surface area contributed by atoms with Crippen LogP contribution < -0.4 is 0 Å².